The van der Waals surface area contributed by atoms with Gasteiger partial charge in [0.25, 0.3) is 0 Å². The molecule has 1 unspecified atom stereocenters. The van der Waals surface area contributed by atoms with Crippen LogP contribution >= 0.6 is 0 Å². The molecule has 0 bridgehead atoms. The minimum Gasteiger partial charge on any atom is -0.298 e. The summed E-state index contributed by atoms with van der Waals surface area (Å²) in [5, 5.41) is 0. The van der Waals surface area contributed by atoms with Gasteiger partial charge in [0.05, 0.1) is 5.69 Å². The molecule has 0 aliphatic rings. The van der Waals surface area contributed by atoms with Crippen molar-refractivity contribution in [3.8, 4) is 0 Å². The second-order valence-electron chi connectivity index (χ2n) is 4.49. The highest BCUT2D eigenvalue weighted by Crippen LogP contribution is 2.09. The molecule has 0 amide bonds. The van der Waals surface area contributed by atoms with E-state index in [4.69, 9.17) is 0 Å². The summed E-state index contributed by atoms with van der Waals surface area (Å²) in [4.78, 5) is 6.84. The van der Waals surface area contributed by atoms with Gasteiger partial charge >= 0.3 is 0 Å². The molecular weight excluding hydrogens is 196 g/mol. The summed E-state index contributed by atoms with van der Waals surface area (Å²) in [5.41, 5.74) is 1.17. The molecule has 1 rings (SSSR count). The van der Waals surface area contributed by atoms with Crippen molar-refractivity contribution in [2.45, 2.75) is 40.2 Å². The Balaban J connectivity index is 2.37. The lowest BCUT2D eigenvalue weighted by Gasteiger charge is -2.21. The molecule has 2 heteroatoms. The minimum atomic E-state index is 0.831. The van der Waals surface area contributed by atoms with Crippen molar-refractivity contribution in [1.82, 2.24) is 9.88 Å². The van der Waals surface area contributed by atoms with E-state index in [1.165, 1.54) is 25.1 Å². The van der Waals surface area contributed by atoms with Gasteiger partial charge in [0.1, 0.15) is 0 Å². The van der Waals surface area contributed by atoms with E-state index in [1.54, 1.807) is 0 Å². The first-order valence-corrected chi connectivity index (χ1v) is 6.38. The fraction of sp³-hybridized carbons (Fsp3) is 0.643. The van der Waals surface area contributed by atoms with Crippen LogP contribution in [0.25, 0.3) is 0 Å². The van der Waals surface area contributed by atoms with Crippen molar-refractivity contribution in [2.24, 2.45) is 5.92 Å². The highest BCUT2D eigenvalue weighted by molar-refractivity contribution is 5.03. The number of aromatic nitrogens is 1. The Bertz CT molecular complexity index is 271. The first-order valence-electron chi connectivity index (χ1n) is 6.38. The maximum absolute atomic E-state index is 4.37. The summed E-state index contributed by atoms with van der Waals surface area (Å²) in [6.07, 6.45) is 4.44. The zero-order valence-corrected chi connectivity index (χ0v) is 10.8. The van der Waals surface area contributed by atoms with Crippen LogP contribution in [0, 0.1) is 5.92 Å². The Morgan fingerprint density at radius 1 is 1.31 bits per heavy atom. The molecule has 0 fully saturated rings. The molecule has 0 aliphatic carbocycles. The van der Waals surface area contributed by atoms with Crippen LogP contribution < -0.4 is 0 Å². The zero-order valence-electron chi connectivity index (χ0n) is 10.8. The predicted molar refractivity (Wildman–Crippen MR) is 69.3 cm³/mol. The normalized spacial score (nSPS) is 13.0. The molecule has 1 aromatic heterocycles. The first-order chi connectivity index (χ1) is 7.76. The van der Waals surface area contributed by atoms with Crippen LogP contribution in [0.3, 0.4) is 0 Å². The third kappa shape index (κ3) is 4.75. The molecule has 0 N–H and O–H groups in total. The zero-order chi connectivity index (χ0) is 11.8. The number of hydrogen-bond donors (Lipinski definition) is 0. The van der Waals surface area contributed by atoms with Crippen molar-refractivity contribution in [3.05, 3.63) is 30.1 Å². The second kappa shape index (κ2) is 7.39. The van der Waals surface area contributed by atoms with Gasteiger partial charge in [-0.25, -0.2) is 0 Å². The summed E-state index contributed by atoms with van der Waals surface area (Å²) >= 11 is 0. The number of rotatable bonds is 7. The Hall–Kier alpha value is -0.890. The van der Waals surface area contributed by atoms with E-state index in [0.29, 0.717) is 0 Å². The predicted octanol–water partition coefficient (Wildman–Crippen LogP) is 3.34. The molecule has 90 valence electrons. The highest BCUT2D eigenvalue weighted by Gasteiger charge is 2.06. The maximum Gasteiger partial charge on any atom is 0.0543 e. The van der Waals surface area contributed by atoms with Gasteiger partial charge in [-0.15, -0.1) is 0 Å². The van der Waals surface area contributed by atoms with Crippen LogP contribution in [0.4, 0.5) is 0 Å². The van der Waals surface area contributed by atoms with E-state index < -0.39 is 0 Å². The van der Waals surface area contributed by atoms with Gasteiger partial charge in [-0.1, -0.05) is 33.3 Å². The lowest BCUT2D eigenvalue weighted by atomic mass is 10.1. The first kappa shape index (κ1) is 13.2. The monoisotopic (exact) mass is 220 g/mol. The minimum absolute atomic E-state index is 0.831. The Morgan fingerprint density at radius 2 is 2.12 bits per heavy atom. The Morgan fingerprint density at radius 3 is 2.69 bits per heavy atom. The van der Waals surface area contributed by atoms with Gasteiger partial charge in [-0.3, -0.25) is 9.88 Å². The Kier molecular flexibility index (Phi) is 6.09. The lowest BCUT2D eigenvalue weighted by Crippen LogP contribution is -2.25. The van der Waals surface area contributed by atoms with Crippen LogP contribution in [0.1, 0.15) is 39.3 Å². The van der Waals surface area contributed by atoms with Gasteiger partial charge < -0.3 is 0 Å². The summed E-state index contributed by atoms with van der Waals surface area (Å²) in [6.45, 7) is 10.1. The van der Waals surface area contributed by atoms with E-state index in [2.05, 4.69) is 42.8 Å². The van der Waals surface area contributed by atoms with E-state index in [1.807, 2.05) is 12.3 Å². The van der Waals surface area contributed by atoms with Crippen LogP contribution in [-0.2, 0) is 6.54 Å². The van der Waals surface area contributed by atoms with Gasteiger partial charge in [0.2, 0.25) is 0 Å². The van der Waals surface area contributed by atoms with Crippen molar-refractivity contribution >= 4 is 0 Å². The van der Waals surface area contributed by atoms with Crippen molar-refractivity contribution in [3.63, 3.8) is 0 Å². The molecule has 2 nitrogen and oxygen atoms in total. The Labute approximate surface area is 99.7 Å². The summed E-state index contributed by atoms with van der Waals surface area (Å²) in [5.74, 6) is 0.831. The molecule has 1 heterocycles. The van der Waals surface area contributed by atoms with Crippen molar-refractivity contribution in [1.29, 1.82) is 0 Å². The highest BCUT2D eigenvalue weighted by atomic mass is 15.1. The number of nitrogens with zero attached hydrogens (tertiary/aromatic N) is 2. The average Bonchev–Trinajstić information content (AvgIpc) is 2.35. The molecule has 0 aromatic carbocycles. The molecule has 0 spiro atoms. The van der Waals surface area contributed by atoms with Gasteiger partial charge in [0, 0.05) is 12.7 Å². The average molecular weight is 220 g/mol. The molecular formula is C14H24N2. The van der Waals surface area contributed by atoms with Crippen LogP contribution in [0.2, 0.25) is 0 Å². The van der Waals surface area contributed by atoms with E-state index in [0.717, 1.165) is 19.0 Å². The van der Waals surface area contributed by atoms with Gasteiger partial charge in [-0.05, 0) is 37.6 Å². The van der Waals surface area contributed by atoms with Crippen LogP contribution in [0.5, 0.6) is 0 Å². The largest absolute Gasteiger partial charge is 0.298 e. The topological polar surface area (TPSA) is 16.1 Å². The standard InChI is InChI=1S/C14H24N2/c1-4-13(3)9-11-16(5-2)12-14-8-6-7-10-15-14/h6-8,10,13H,4-5,9,11-12H2,1-3H3. The van der Waals surface area contributed by atoms with Crippen LogP contribution in [0.15, 0.2) is 24.4 Å². The van der Waals surface area contributed by atoms with E-state index in [-0.39, 0.29) is 0 Å². The van der Waals surface area contributed by atoms with E-state index >= 15 is 0 Å². The molecule has 1 aromatic rings. The van der Waals surface area contributed by atoms with Crippen LogP contribution in [-0.4, -0.2) is 23.0 Å². The van der Waals surface area contributed by atoms with E-state index in [9.17, 15) is 0 Å². The molecule has 0 saturated heterocycles. The third-order valence-electron chi connectivity index (χ3n) is 3.19. The fourth-order valence-electron chi connectivity index (χ4n) is 1.68. The number of hydrogen-bond acceptors (Lipinski definition) is 2. The third-order valence-corrected chi connectivity index (χ3v) is 3.19. The van der Waals surface area contributed by atoms with Gasteiger partial charge in [-0.2, -0.15) is 0 Å². The summed E-state index contributed by atoms with van der Waals surface area (Å²) in [7, 11) is 0. The molecule has 1 atom stereocenters. The van der Waals surface area contributed by atoms with Crippen molar-refractivity contribution in [2.75, 3.05) is 13.1 Å². The molecule has 16 heavy (non-hydrogen) atoms. The summed E-state index contributed by atoms with van der Waals surface area (Å²) in [6, 6.07) is 6.13. The summed E-state index contributed by atoms with van der Waals surface area (Å²) < 4.78 is 0. The quantitative estimate of drug-likeness (QED) is 0.700. The lowest BCUT2D eigenvalue weighted by molar-refractivity contribution is 0.254. The van der Waals surface area contributed by atoms with Crippen molar-refractivity contribution < 1.29 is 0 Å². The SMILES string of the molecule is CCC(C)CCN(CC)Cc1ccccn1. The molecule has 0 radical (unpaired) electrons. The maximum atomic E-state index is 4.37. The molecule has 0 aliphatic heterocycles. The number of pyridine rings is 1. The van der Waals surface area contributed by atoms with Gasteiger partial charge in [0.15, 0.2) is 0 Å². The fourth-order valence-corrected chi connectivity index (χ4v) is 1.68. The smallest absolute Gasteiger partial charge is 0.0543 e. The molecule has 0 saturated carbocycles. The second-order valence-corrected chi connectivity index (χ2v) is 4.49.